The molecule has 2 heteroatoms. The lowest BCUT2D eigenvalue weighted by molar-refractivity contribution is -0.489. The average molecular weight is 254 g/mol. The van der Waals surface area contributed by atoms with Crippen molar-refractivity contribution < 1.29 is 9.31 Å². The van der Waals surface area contributed by atoms with Gasteiger partial charge in [-0.1, -0.05) is 36.5 Å². The molecule has 0 radical (unpaired) electrons. The van der Waals surface area contributed by atoms with Gasteiger partial charge in [0.15, 0.2) is 12.6 Å². The van der Waals surface area contributed by atoms with Crippen LogP contribution in [0.25, 0.3) is 0 Å². The van der Waals surface area contributed by atoms with Crippen molar-refractivity contribution in [2.45, 2.75) is 25.9 Å². The molecule has 1 heterocycles. The summed E-state index contributed by atoms with van der Waals surface area (Å²) in [4.78, 5) is 0. The van der Waals surface area contributed by atoms with Crippen LogP contribution in [0.2, 0.25) is 0 Å². The summed E-state index contributed by atoms with van der Waals surface area (Å²) < 4.78 is 8.24. The van der Waals surface area contributed by atoms with Crippen molar-refractivity contribution in [1.29, 1.82) is 0 Å². The highest BCUT2D eigenvalue weighted by molar-refractivity contribution is 5.96. The van der Waals surface area contributed by atoms with Crippen molar-refractivity contribution in [1.82, 2.24) is 0 Å². The van der Waals surface area contributed by atoms with Gasteiger partial charge < -0.3 is 4.74 Å². The lowest BCUT2D eigenvalue weighted by Gasteiger charge is -2.07. The minimum atomic E-state index is 0.272. The van der Waals surface area contributed by atoms with Crippen LogP contribution in [0.4, 0.5) is 0 Å². The normalized spacial score (nSPS) is 26.0. The van der Waals surface area contributed by atoms with Gasteiger partial charge in [0, 0.05) is 0 Å². The van der Waals surface area contributed by atoms with Gasteiger partial charge in [-0.05, 0) is 37.0 Å². The summed E-state index contributed by atoms with van der Waals surface area (Å²) in [7, 11) is 2.11. The summed E-state index contributed by atoms with van der Waals surface area (Å²) in [5.41, 5.74) is 3.95. The van der Waals surface area contributed by atoms with Crippen molar-refractivity contribution in [2.75, 3.05) is 13.6 Å². The first-order valence-corrected chi connectivity index (χ1v) is 6.92. The molecule has 3 rings (SSSR count). The Kier molecular flexibility index (Phi) is 3.24. The molecule has 1 unspecified atom stereocenters. The van der Waals surface area contributed by atoms with Gasteiger partial charge >= 0.3 is 5.90 Å². The van der Waals surface area contributed by atoms with E-state index >= 15 is 0 Å². The first kappa shape index (κ1) is 12.2. The molecule has 0 saturated heterocycles. The Morgan fingerprint density at radius 1 is 1.26 bits per heavy atom. The maximum absolute atomic E-state index is 6.02. The summed E-state index contributed by atoms with van der Waals surface area (Å²) in [6.07, 6.45) is 17.6. The maximum Gasteiger partial charge on any atom is 0.370 e. The summed E-state index contributed by atoms with van der Waals surface area (Å²) in [5.74, 6) is 1.02. The van der Waals surface area contributed by atoms with Gasteiger partial charge in [-0.25, -0.2) is 0 Å². The number of nitrogens with zero attached hydrogens (tertiary/aromatic N) is 1. The van der Waals surface area contributed by atoms with Crippen LogP contribution in [-0.4, -0.2) is 30.2 Å². The largest absolute Gasteiger partial charge is 0.435 e. The molecule has 98 valence electrons. The quantitative estimate of drug-likeness (QED) is 0.705. The van der Waals surface area contributed by atoms with Gasteiger partial charge in [0.1, 0.15) is 7.05 Å². The Bertz CT molecular complexity index is 570. The van der Waals surface area contributed by atoms with Crippen LogP contribution >= 0.6 is 0 Å². The van der Waals surface area contributed by atoms with E-state index in [1.54, 1.807) is 0 Å². The number of ether oxygens (including phenoxy) is 1. The number of rotatable bonds is 3. The molecule has 0 spiro atoms. The summed E-state index contributed by atoms with van der Waals surface area (Å²) in [6, 6.07) is 0. The van der Waals surface area contributed by atoms with Crippen LogP contribution in [0.5, 0.6) is 0 Å². The van der Waals surface area contributed by atoms with E-state index in [0.29, 0.717) is 0 Å². The third-order valence-corrected chi connectivity index (χ3v) is 3.67. The average Bonchev–Trinajstić information content (AvgIpc) is 3.08. The molecule has 2 nitrogen and oxygen atoms in total. The molecule has 0 fully saturated rings. The third-order valence-electron chi connectivity index (χ3n) is 3.67. The summed E-state index contributed by atoms with van der Waals surface area (Å²) >= 11 is 0. The Morgan fingerprint density at radius 3 is 2.63 bits per heavy atom. The molecular weight excluding hydrogens is 234 g/mol. The molecule has 1 aliphatic heterocycles. The lowest BCUT2D eigenvalue weighted by atomic mass is 10.0. The summed E-state index contributed by atoms with van der Waals surface area (Å²) in [6.45, 7) is 3.09. The second kappa shape index (κ2) is 5.04. The first-order valence-electron chi connectivity index (χ1n) is 6.92. The lowest BCUT2D eigenvalue weighted by Crippen LogP contribution is -2.15. The fourth-order valence-corrected chi connectivity index (χ4v) is 2.75. The topological polar surface area (TPSA) is 12.2 Å². The van der Waals surface area contributed by atoms with Crippen LogP contribution in [-0.2, 0) is 4.74 Å². The van der Waals surface area contributed by atoms with Crippen molar-refractivity contribution in [3.63, 3.8) is 0 Å². The van der Waals surface area contributed by atoms with E-state index in [1.165, 1.54) is 16.7 Å². The molecule has 1 atom stereocenters. The number of hydrogen-bond acceptors (Lipinski definition) is 1. The third kappa shape index (κ3) is 2.48. The molecule has 0 N–H and O–H groups in total. The number of allylic oxidation sites excluding steroid dienone is 8. The van der Waals surface area contributed by atoms with Gasteiger partial charge in [0.2, 0.25) is 0 Å². The van der Waals surface area contributed by atoms with Crippen molar-refractivity contribution in [3.8, 4) is 0 Å². The fourth-order valence-electron chi connectivity index (χ4n) is 2.75. The zero-order chi connectivity index (χ0) is 13.2. The Hall–Kier alpha value is -1.83. The number of hydrogen-bond donors (Lipinski definition) is 0. The Balaban J connectivity index is 1.95. The van der Waals surface area contributed by atoms with E-state index in [1.807, 2.05) is 0 Å². The molecule has 0 aromatic heterocycles. The highest BCUT2D eigenvalue weighted by Crippen LogP contribution is 2.27. The molecule has 0 aromatic carbocycles. The molecule has 0 saturated carbocycles. The predicted octanol–water partition coefficient (Wildman–Crippen LogP) is 3.14. The monoisotopic (exact) mass is 254 g/mol. The first-order chi connectivity index (χ1) is 9.24. The molecule has 0 bridgehead atoms. The predicted molar refractivity (Wildman–Crippen MR) is 78.4 cm³/mol. The van der Waals surface area contributed by atoms with E-state index in [9.17, 15) is 0 Å². The van der Waals surface area contributed by atoms with Gasteiger partial charge in [-0.2, -0.15) is 4.58 Å². The van der Waals surface area contributed by atoms with Crippen molar-refractivity contribution >= 4 is 5.90 Å². The van der Waals surface area contributed by atoms with Crippen LogP contribution in [0.15, 0.2) is 59.3 Å². The smallest absolute Gasteiger partial charge is 0.370 e. The second-order valence-electron chi connectivity index (χ2n) is 5.37. The van der Waals surface area contributed by atoms with Crippen LogP contribution in [0.3, 0.4) is 0 Å². The highest BCUT2D eigenvalue weighted by atomic mass is 16.5. The van der Waals surface area contributed by atoms with E-state index in [2.05, 4.69) is 61.1 Å². The maximum atomic E-state index is 6.02. The fraction of sp³-hybridized carbons (Fsp3) is 0.353. The van der Waals surface area contributed by atoms with E-state index in [0.717, 1.165) is 25.3 Å². The number of likely N-dealkylation sites (N-methyl/N-ethyl adjacent to an activating group) is 1. The minimum Gasteiger partial charge on any atom is -0.435 e. The molecular formula is C17H20NO+. The second-order valence-corrected chi connectivity index (χ2v) is 5.37. The van der Waals surface area contributed by atoms with Crippen LogP contribution in [0.1, 0.15) is 19.8 Å². The Morgan fingerprint density at radius 2 is 2.05 bits per heavy atom. The van der Waals surface area contributed by atoms with E-state index in [-0.39, 0.29) is 6.10 Å². The summed E-state index contributed by atoms with van der Waals surface area (Å²) in [5, 5.41) is 0. The SMILES string of the molecule is CC1C[N+](C)=C(/C(=C\C2=CC=CC2)C2=CC=CC2)O1. The molecule has 2 aliphatic carbocycles. The van der Waals surface area contributed by atoms with E-state index in [4.69, 9.17) is 4.74 Å². The highest BCUT2D eigenvalue weighted by Gasteiger charge is 2.32. The standard InChI is InChI=1S/C17H20NO/c1-13-12-18(2)17(19-13)16(15-9-5-6-10-15)11-14-7-3-4-8-14/h3-7,9,11,13H,8,10,12H2,1-2H3/q+1/b16-11-. The zero-order valence-corrected chi connectivity index (χ0v) is 11.6. The van der Waals surface area contributed by atoms with E-state index < -0.39 is 0 Å². The van der Waals surface area contributed by atoms with Crippen molar-refractivity contribution in [2.24, 2.45) is 0 Å². The molecule has 0 amide bonds. The van der Waals surface area contributed by atoms with Gasteiger partial charge in [0.25, 0.3) is 0 Å². The van der Waals surface area contributed by atoms with Gasteiger partial charge in [-0.3, -0.25) is 0 Å². The van der Waals surface area contributed by atoms with Crippen molar-refractivity contribution in [3.05, 3.63) is 59.3 Å². The molecule has 0 aromatic rings. The van der Waals surface area contributed by atoms with Gasteiger partial charge in [0.05, 0.1) is 5.57 Å². The minimum absolute atomic E-state index is 0.272. The van der Waals surface area contributed by atoms with Gasteiger partial charge in [-0.15, -0.1) is 0 Å². The molecule has 19 heavy (non-hydrogen) atoms. The zero-order valence-electron chi connectivity index (χ0n) is 11.6. The Labute approximate surface area is 114 Å². The van der Waals surface area contributed by atoms with Crippen LogP contribution in [0, 0.1) is 0 Å². The van der Waals surface area contributed by atoms with Crippen LogP contribution < -0.4 is 0 Å². The molecule has 3 aliphatic rings.